The first-order valence-electron chi connectivity index (χ1n) is 10.2. The van der Waals surface area contributed by atoms with Crippen molar-refractivity contribution in [2.75, 3.05) is 38.4 Å². The van der Waals surface area contributed by atoms with E-state index in [1.165, 1.54) is 0 Å². The molecule has 10 heteroatoms. The van der Waals surface area contributed by atoms with Crippen LogP contribution in [0.15, 0.2) is 48.9 Å². The topological polar surface area (TPSA) is 117 Å². The van der Waals surface area contributed by atoms with Crippen molar-refractivity contribution in [3.63, 3.8) is 0 Å². The lowest BCUT2D eigenvalue weighted by molar-refractivity contribution is 0.206. The Morgan fingerprint density at radius 3 is 2.62 bits per heavy atom. The highest BCUT2D eigenvalue weighted by molar-refractivity contribution is 6.29. The number of fused-ring (bicyclic) bond motifs is 1. The summed E-state index contributed by atoms with van der Waals surface area (Å²) in [5.41, 5.74) is 7.08. The molecule has 4 aromatic heterocycles. The molecule has 4 aromatic rings. The number of nitrogens with two attached hydrogens (primary N) is 1. The summed E-state index contributed by atoms with van der Waals surface area (Å²) in [5.74, 6) is 8.66. The SMILES string of the molecule is CNc1ncc(C#Cc2cc(OCCOc3cccc(Cl)n3)c(OC)cn2)c2cc(N)ncc12. The standard InChI is InChI=1S/C24H21ClN6O3/c1-27-24-18-13-29-22(26)11-17(18)15(12-30-24)6-7-16-10-19(20(32-2)14-28-16)33-8-9-34-23-5-3-4-21(25)31-23/h3-5,10-14H,8-9H2,1-2H3,(H2,26,29)(H,27,30). The van der Waals surface area contributed by atoms with Gasteiger partial charge in [0.05, 0.1) is 18.9 Å². The molecule has 4 heterocycles. The van der Waals surface area contributed by atoms with Crippen molar-refractivity contribution in [1.82, 2.24) is 19.9 Å². The van der Waals surface area contributed by atoms with Gasteiger partial charge in [-0.3, -0.25) is 0 Å². The van der Waals surface area contributed by atoms with Gasteiger partial charge in [-0.05, 0) is 18.1 Å². The van der Waals surface area contributed by atoms with E-state index in [-0.39, 0.29) is 13.2 Å². The molecule has 0 bridgehead atoms. The van der Waals surface area contributed by atoms with E-state index < -0.39 is 0 Å². The quantitative estimate of drug-likeness (QED) is 0.234. The summed E-state index contributed by atoms with van der Waals surface area (Å²) in [5, 5.41) is 5.07. The van der Waals surface area contributed by atoms with Crippen LogP contribution in [0.25, 0.3) is 10.8 Å². The van der Waals surface area contributed by atoms with Crippen molar-refractivity contribution in [2.45, 2.75) is 0 Å². The monoisotopic (exact) mass is 476 g/mol. The molecule has 0 aliphatic rings. The molecule has 0 atom stereocenters. The molecule has 0 amide bonds. The van der Waals surface area contributed by atoms with E-state index in [1.54, 1.807) is 63.1 Å². The Bertz CT molecular complexity index is 1390. The second-order valence-corrected chi connectivity index (χ2v) is 7.28. The summed E-state index contributed by atoms with van der Waals surface area (Å²) in [6.45, 7) is 0.526. The Labute approximate surface area is 201 Å². The Hall–Kier alpha value is -4.29. The van der Waals surface area contributed by atoms with E-state index in [0.29, 0.717) is 45.4 Å². The van der Waals surface area contributed by atoms with Gasteiger partial charge in [-0.2, -0.15) is 0 Å². The van der Waals surface area contributed by atoms with Gasteiger partial charge in [-0.1, -0.05) is 23.6 Å². The summed E-state index contributed by atoms with van der Waals surface area (Å²) >= 11 is 5.86. The first-order valence-corrected chi connectivity index (χ1v) is 10.6. The minimum atomic E-state index is 0.258. The second kappa shape index (κ2) is 10.6. The van der Waals surface area contributed by atoms with Crippen molar-refractivity contribution in [3.8, 4) is 29.2 Å². The lowest BCUT2D eigenvalue weighted by atomic mass is 10.1. The van der Waals surface area contributed by atoms with Crippen LogP contribution in [0.3, 0.4) is 0 Å². The minimum absolute atomic E-state index is 0.258. The number of hydrogen-bond acceptors (Lipinski definition) is 9. The van der Waals surface area contributed by atoms with Crippen LogP contribution >= 0.6 is 11.6 Å². The van der Waals surface area contributed by atoms with Gasteiger partial charge in [0.1, 0.15) is 35.7 Å². The zero-order valence-corrected chi connectivity index (χ0v) is 19.3. The fourth-order valence-electron chi connectivity index (χ4n) is 3.11. The molecule has 9 nitrogen and oxygen atoms in total. The maximum absolute atomic E-state index is 5.88. The van der Waals surface area contributed by atoms with E-state index in [9.17, 15) is 0 Å². The predicted molar refractivity (Wildman–Crippen MR) is 131 cm³/mol. The van der Waals surface area contributed by atoms with Gasteiger partial charge < -0.3 is 25.3 Å². The number of rotatable bonds is 7. The minimum Gasteiger partial charge on any atom is -0.491 e. The highest BCUT2D eigenvalue weighted by atomic mass is 35.5. The Kier molecular flexibility index (Phi) is 7.10. The molecular formula is C24H21ClN6O3. The molecule has 0 fully saturated rings. The first-order chi connectivity index (χ1) is 16.6. The van der Waals surface area contributed by atoms with Gasteiger partial charge in [-0.25, -0.2) is 19.9 Å². The van der Waals surface area contributed by atoms with Crippen LogP contribution < -0.4 is 25.3 Å². The van der Waals surface area contributed by atoms with Crippen LogP contribution in [0.1, 0.15) is 11.3 Å². The van der Waals surface area contributed by atoms with Gasteiger partial charge in [0, 0.05) is 42.3 Å². The van der Waals surface area contributed by atoms with Crippen molar-refractivity contribution >= 4 is 34.0 Å². The molecule has 0 saturated carbocycles. The Balaban J connectivity index is 1.52. The summed E-state index contributed by atoms with van der Waals surface area (Å²) in [6.07, 6.45) is 4.91. The fourth-order valence-corrected chi connectivity index (χ4v) is 3.26. The average Bonchev–Trinajstić information content (AvgIpc) is 2.85. The highest BCUT2D eigenvalue weighted by Crippen LogP contribution is 2.27. The first kappa shape index (κ1) is 22.9. The number of nitrogens with one attached hydrogen (secondary N) is 1. The summed E-state index contributed by atoms with van der Waals surface area (Å²) in [6, 6.07) is 8.63. The van der Waals surface area contributed by atoms with E-state index >= 15 is 0 Å². The molecule has 3 N–H and O–H groups in total. The third kappa shape index (κ3) is 5.36. The zero-order chi connectivity index (χ0) is 23.9. The number of nitrogens with zero attached hydrogens (tertiary/aromatic N) is 4. The molecule has 34 heavy (non-hydrogen) atoms. The molecule has 0 saturated heterocycles. The Morgan fingerprint density at radius 1 is 0.971 bits per heavy atom. The van der Waals surface area contributed by atoms with Gasteiger partial charge in [0.25, 0.3) is 0 Å². The molecule has 0 unspecified atom stereocenters. The summed E-state index contributed by atoms with van der Waals surface area (Å²) < 4.78 is 16.7. The second-order valence-electron chi connectivity index (χ2n) is 6.89. The largest absolute Gasteiger partial charge is 0.491 e. The van der Waals surface area contributed by atoms with Crippen LogP contribution in [-0.2, 0) is 0 Å². The third-order valence-electron chi connectivity index (χ3n) is 4.69. The molecule has 0 spiro atoms. The van der Waals surface area contributed by atoms with Gasteiger partial charge in [0.15, 0.2) is 11.5 Å². The number of nitrogen functional groups attached to an aromatic ring is 1. The smallest absolute Gasteiger partial charge is 0.214 e. The van der Waals surface area contributed by atoms with E-state index in [0.717, 1.165) is 10.8 Å². The summed E-state index contributed by atoms with van der Waals surface area (Å²) in [7, 11) is 3.34. The van der Waals surface area contributed by atoms with Crippen LogP contribution in [0.4, 0.5) is 11.6 Å². The Morgan fingerprint density at radius 2 is 1.82 bits per heavy atom. The number of anilines is 2. The zero-order valence-electron chi connectivity index (χ0n) is 18.5. The van der Waals surface area contributed by atoms with Crippen LogP contribution in [0, 0.1) is 11.8 Å². The van der Waals surface area contributed by atoms with Crippen molar-refractivity contribution < 1.29 is 14.2 Å². The maximum atomic E-state index is 5.88. The van der Waals surface area contributed by atoms with Crippen molar-refractivity contribution in [1.29, 1.82) is 0 Å². The van der Waals surface area contributed by atoms with E-state index in [1.807, 2.05) is 0 Å². The molecule has 4 rings (SSSR count). The van der Waals surface area contributed by atoms with Crippen LogP contribution in [-0.4, -0.2) is 47.3 Å². The molecule has 0 radical (unpaired) electrons. The average molecular weight is 477 g/mol. The predicted octanol–water partition coefficient (Wildman–Crippen LogP) is 3.56. The van der Waals surface area contributed by atoms with Gasteiger partial charge in [0.2, 0.25) is 5.88 Å². The number of hydrogen-bond donors (Lipinski definition) is 2. The molecule has 172 valence electrons. The third-order valence-corrected chi connectivity index (χ3v) is 4.90. The lowest BCUT2D eigenvalue weighted by Crippen LogP contribution is -2.10. The molecule has 0 aliphatic carbocycles. The molecular weight excluding hydrogens is 456 g/mol. The number of halogens is 1. The fraction of sp³-hybridized carbons (Fsp3) is 0.167. The van der Waals surface area contributed by atoms with E-state index in [4.69, 9.17) is 31.5 Å². The molecule has 0 aliphatic heterocycles. The maximum Gasteiger partial charge on any atom is 0.214 e. The van der Waals surface area contributed by atoms with Gasteiger partial charge in [-0.15, -0.1) is 0 Å². The van der Waals surface area contributed by atoms with Crippen molar-refractivity contribution in [3.05, 3.63) is 65.3 Å². The number of pyridine rings is 4. The van der Waals surface area contributed by atoms with Crippen molar-refractivity contribution in [2.24, 2.45) is 0 Å². The normalized spacial score (nSPS) is 10.3. The number of methoxy groups -OCH3 is 1. The molecule has 0 aromatic carbocycles. The van der Waals surface area contributed by atoms with E-state index in [2.05, 4.69) is 37.1 Å². The number of aromatic nitrogens is 4. The van der Waals surface area contributed by atoms with Gasteiger partial charge >= 0.3 is 0 Å². The highest BCUT2D eigenvalue weighted by Gasteiger charge is 2.09. The van der Waals surface area contributed by atoms with Crippen LogP contribution in [0.5, 0.6) is 17.4 Å². The summed E-state index contributed by atoms with van der Waals surface area (Å²) in [4.78, 5) is 17.0. The van der Waals surface area contributed by atoms with Crippen LogP contribution in [0.2, 0.25) is 5.15 Å². The number of ether oxygens (including phenoxy) is 3. The lowest BCUT2D eigenvalue weighted by Gasteiger charge is -2.11.